The first-order chi connectivity index (χ1) is 19.4. The van der Waals surface area contributed by atoms with Crippen molar-refractivity contribution in [1.82, 2.24) is 14.8 Å². The number of rotatable bonds is 9. The van der Waals surface area contributed by atoms with Gasteiger partial charge in [0.25, 0.3) is 5.22 Å². The van der Waals surface area contributed by atoms with E-state index in [0.29, 0.717) is 17.1 Å². The van der Waals surface area contributed by atoms with E-state index >= 15 is 0 Å². The summed E-state index contributed by atoms with van der Waals surface area (Å²) in [6.07, 6.45) is 1.63. The first-order valence-corrected chi connectivity index (χ1v) is 13.2. The van der Waals surface area contributed by atoms with Gasteiger partial charge in [-0.25, -0.2) is 4.79 Å². The van der Waals surface area contributed by atoms with Crippen molar-refractivity contribution in [3.8, 4) is 39.8 Å². The van der Waals surface area contributed by atoms with Crippen LogP contribution in [0.4, 0.5) is 0 Å². The van der Waals surface area contributed by atoms with Crippen molar-refractivity contribution < 1.29 is 23.8 Å². The minimum Gasteiger partial charge on any atom is -0.497 e. The molecule has 0 unspecified atom stereocenters. The Morgan fingerprint density at radius 3 is 2.15 bits per heavy atom. The predicted octanol–water partition coefficient (Wildman–Crippen LogP) is 7.05. The Bertz CT molecular complexity index is 1670. The topological polar surface area (TPSA) is 99.6 Å². The summed E-state index contributed by atoms with van der Waals surface area (Å²) in [6, 6.07) is 25.7. The Kier molecular flexibility index (Phi) is 7.75. The Hall–Kier alpha value is -4.76. The SMILES string of the molecule is COc1cc(OC)cc(-c2nnc(S/C(=C\c3cc(C)n(-c4ccc(-c5ccccc5)cc4)c3C)C(=O)O)o2)c1. The van der Waals surface area contributed by atoms with Gasteiger partial charge in [0.05, 0.1) is 14.2 Å². The lowest BCUT2D eigenvalue weighted by Crippen LogP contribution is -2.00. The fraction of sp³-hybridized carbons (Fsp3) is 0.129. The predicted molar refractivity (Wildman–Crippen MR) is 155 cm³/mol. The number of aliphatic carboxylic acids is 1. The minimum absolute atomic E-state index is 0.0538. The van der Waals surface area contributed by atoms with Crippen LogP contribution in [0.3, 0.4) is 0 Å². The molecule has 3 aromatic carbocycles. The van der Waals surface area contributed by atoms with Crippen molar-refractivity contribution >= 4 is 23.8 Å². The van der Waals surface area contributed by atoms with Gasteiger partial charge in [0, 0.05) is 28.7 Å². The standard InChI is InChI=1S/C31H27N3O5S/c1-19-14-23(20(2)34(19)25-12-10-22(11-13-25)21-8-6-5-7-9-21)17-28(30(35)36)40-31-33-32-29(39-31)24-15-26(37-3)18-27(16-24)38-4/h5-18H,1-4H3,(H,35,36)/b28-17-. The molecule has 5 rings (SSSR count). The molecule has 2 aromatic heterocycles. The molecule has 8 nitrogen and oxygen atoms in total. The van der Waals surface area contributed by atoms with Crippen LogP contribution in [0.1, 0.15) is 17.0 Å². The number of carboxylic acids is 1. The largest absolute Gasteiger partial charge is 0.497 e. The van der Waals surface area contributed by atoms with Crippen LogP contribution in [0.2, 0.25) is 0 Å². The Labute approximate surface area is 235 Å². The zero-order chi connectivity index (χ0) is 28.2. The molecule has 0 spiro atoms. The second-order valence-corrected chi connectivity index (χ2v) is 9.96. The van der Waals surface area contributed by atoms with Gasteiger partial charge in [-0.1, -0.05) is 42.5 Å². The van der Waals surface area contributed by atoms with E-state index in [9.17, 15) is 9.90 Å². The van der Waals surface area contributed by atoms with Gasteiger partial charge in [-0.3, -0.25) is 0 Å². The van der Waals surface area contributed by atoms with E-state index in [0.717, 1.165) is 45.5 Å². The maximum absolute atomic E-state index is 12.2. The molecule has 0 atom stereocenters. The highest BCUT2D eigenvalue weighted by molar-refractivity contribution is 8.03. The van der Waals surface area contributed by atoms with Gasteiger partial charge in [0.15, 0.2) is 0 Å². The zero-order valence-corrected chi connectivity index (χ0v) is 23.2. The van der Waals surface area contributed by atoms with E-state index in [1.165, 1.54) is 0 Å². The number of hydrogen-bond donors (Lipinski definition) is 1. The Balaban J connectivity index is 1.41. The number of benzene rings is 3. The molecule has 0 radical (unpaired) electrons. The summed E-state index contributed by atoms with van der Waals surface area (Å²) in [5, 5.41) is 18.2. The molecule has 2 heterocycles. The third-order valence-electron chi connectivity index (χ3n) is 6.40. The van der Waals surface area contributed by atoms with Gasteiger partial charge in [-0.15, -0.1) is 10.2 Å². The number of nitrogens with zero attached hydrogens (tertiary/aromatic N) is 3. The highest BCUT2D eigenvalue weighted by atomic mass is 32.2. The lowest BCUT2D eigenvalue weighted by atomic mass is 10.1. The molecular weight excluding hydrogens is 526 g/mol. The smallest absolute Gasteiger partial charge is 0.342 e. The average molecular weight is 554 g/mol. The second kappa shape index (κ2) is 11.5. The summed E-state index contributed by atoms with van der Waals surface area (Å²) in [6.45, 7) is 3.96. The molecule has 202 valence electrons. The van der Waals surface area contributed by atoms with E-state index in [2.05, 4.69) is 51.2 Å². The number of thioether (sulfide) groups is 1. The normalized spacial score (nSPS) is 11.4. The lowest BCUT2D eigenvalue weighted by Gasteiger charge is -2.11. The number of aryl methyl sites for hydroxylation is 1. The van der Waals surface area contributed by atoms with Crippen molar-refractivity contribution in [1.29, 1.82) is 0 Å². The van der Waals surface area contributed by atoms with Gasteiger partial charge < -0.3 is 23.6 Å². The van der Waals surface area contributed by atoms with Crippen LogP contribution < -0.4 is 9.47 Å². The fourth-order valence-electron chi connectivity index (χ4n) is 4.43. The quantitative estimate of drug-likeness (QED) is 0.153. The summed E-state index contributed by atoms with van der Waals surface area (Å²) < 4.78 is 18.5. The second-order valence-electron chi connectivity index (χ2n) is 8.97. The molecule has 1 N–H and O–H groups in total. The van der Waals surface area contributed by atoms with Crippen LogP contribution in [0.25, 0.3) is 34.3 Å². The minimum atomic E-state index is -1.09. The fourth-order valence-corrected chi connectivity index (χ4v) is 5.10. The van der Waals surface area contributed by atoms with Gasteiger partial charge in [-0.05, 0) is 78.7 Å². The number of carbonyl (C=O) groups is 1. The molecule has 5 aromatic rings. The van der Waals surface area contributed by atoms with Crippen LogP contribution in [0.5, 0.6) is 11.5 Å². The van der Waals surface area contributed by atoms with Crippen molar-refractivity contribution in [3.63, 3.8) is 0 Å². The third-order valence-corrected chi connectivity index (χ3v) is 7.25. The maximum Gasteiger partial charge on any atom is 0.342 e. The van der Waals surface area contributed by atoms with E-state index in [1.807, 2.05) is 38.1 Å². The molecule has 0 saturated carbocycles. The van der Waals surface area contributed by atoms with Crippen LogP contribution in [-0.4, -0.2) is 40.1 Å². The molecule has 40 heavy (non-hydrogen) atoms. The number of carboxylic acid groups (broad SMARTS) is 1. The van der Waals surface area contributed by atoms with Crippen LogP contribution in [0, 0.1) is 13.8 Å². The number of hydrogen-bond acceptors (Lipinski definition) is 7. The van der Waals surface area contributed by atoms with Crippen LogP contribution in [-0.2, 0) is 4.79 Å². The summed E-state index contributed by atoms with van der Waals surface area (Å²) in [5.41, 5.74) is 6.55. The van der Waals surface area contributed by atoms with E-state index in [-0.39, 0.29) is 16.0 Å². The molecule has 0 amide bonds. The number of ether oxygens (including phenoxy) is 2. The van der Waals surface area contributed by atoms with E-state index < -0.39 is 5.97 Å². The highest BCUT2D eigenvalue weighted by Crippen LogP contribution is 2.34. The molecule has 0 bridgehead atoms. The van der Waals surface area contributed by atoms with E-state index in [1.54, 1.807) is 38.5 Å². The molecule has 0 saturated heterocycles. The van der Waals surface area contributed by atoms with Gasteiger partial charge in [-0.2, -0.15) is 0 Å². The zero-order valence-electron chi connectivity index (χ0n) is 22.4. The summed E-state index contributed by atoms with van der Waals surface area (Å²) >= 11 is 0.896. The maximum atomic E-state index is 12.2. The summed E-state index contributed by atoms with van der Waals surface area (Å²) in [4.78, 5) is 12.2. The molecule has 0 aliphatic carbocycles. The Morgan fingerprint density at radius 1 is 0.875 bits per heavy atom. The summed E-state index contributed by atoms with van der Waals surface area (Å²) in [7, 11) is 3.10. The number of methoxy groups -OCH3 is 2. The van der Waals surface area contributed by atoms with Crippen LogP contribution in [0.15, 0.2) is 93.4 Å². The first-order valence-electron chi connectivity index (χ1n) is 12.4. The van der Waals surface area contributed by atoms with Gasteiger partial charge >= 0.3 is 5.97 Å². The number of aromatic nitrogens is 3. The van der Waals surface area contributed by atoms with Crippen LogP contribution >= 0.6 is 11.8 Å². The molecular formula is C31H27N3O5S. The average Bonchev–Trinajstić information content (AvgIpc) is 3.56. The molecule has 0 aliphatic rings. The molecule has 0 fully saturated rings. The Morgan fingerprint density at radius 2 is 1.52 bits per heavy atom. The third kappa shape index (κ3) is 5.64. The van der Waals surface area contributed by atoms with Crippen molar-refractivity contribution in [2.45, 2.75) is 19.1 Å². The van der Waals surface area contributed by atoms with Crippen molar-refractivity contribution in [2.24, 2.45) is 0 Å². The van der Waals surface area contributed by atoms with Gasteiger partial charge in [0.2, 0.25) is 5.89 Å². The molecule has 0 aliphatic heterocycles. The van der Waals surface area contributed by atoms with Gasteiger partial charge in [0.1, 0.15) is 16.4 Å². The monoisotopic (exact) mass is 553 g/mol. The van der Waals surface area contributed by atoms with Crippen molar-refractivity contribution in [2.75, 3.05) is 14.2 Å². The van der Waals surface area contributed by atoms with Crippen molar-refractivity contribution in [3.05, 3.63) is 101 Å². The van der Waals surface area contributed by atoms with E-state index in [4.69, 9.17) is 13.9 Å². The lowest BCUT2D eigenvalue weighted by molar-refractivity contribution is -0.131. The molecule has 9 heteroatoms. The summed E-state index contributed by atoms with van der Waals surface area (Å²) in [5.74, 6) is 0.266. The highest BCUT2D eigenvalue weighted by Gasteiger charge is 2.19. The first kappa shape index (κ1) is 26.8.